The van der Waals surface area contributed by atoms with Crippen molar-refractivity contribution in [2.45, 2.75) is 52.9 Å². The van der Waals surface area contributed by atoms with Crippen LogP contribution in [-0.4, -0.2) is 29.7 Å². The van der Waals surface area contributed by atoms with E-state index < -0.39 is 0 Å². The van der Waals surface area contributed by atoms with Crippen LogP contribution in [-0.2, 0) is 9.59 Å². The van der Waals surface area contributed by atoms with Crippen LogP contribution in [0.4, 0.5) is 0 Å². The van der Waals surface area contributed by atoms with Crippen LogP contribution in [0.15, 0.2) is 0 Å². The second kappa shape index (κ2) is 8.45. The smallest absolute Gasteiger partial charge is 0.223 e. The molecule has 3 nitrogen and oxygen atoms in total. The summed E-state index contributed by atoms with van der Waals surface area (Å²) in [4.78, 5) is 24.4. The standard InChI is InChI=1S/C12H23NO2/c1-4-6-10-13(9-5-2)12(15)8-7-11(3)14/h4-10H2,1-3H3. The number of carbonyl (C=O) groups is 2. The van der Waals surface area contributed by atoms with Gasteiger partial charge in [0.2, 0.25) is 5.91 Å². The first-order valence-electron chi connectivity index (χ1n) is 5.89. The van der Waals surface area contributed by atoms with Crippen molar-refractivity contribution in [1.82, 2.24) is 4.90 Å². The van der Waals surface area contributed by atoms with Gasteiger partial charge in [-0.15, -0.1) is 0 Å². The molecule has 0 saturated heterocycles. The number of hydrogen-bond acceptors (Lipinski definition) is 2. The lowest BCUT2D eigenvalue weighted by Crippen LogP contribution is -2.32. The number of Topliss-reactive ketones (excluding diaryl/α,β-unsaturated/α-hetero) is 1. The number of amides is 1. The number of rotatable bonds is 8. The second-order valence-electron chi connectivity index (χ2n) is 3.94. The summed E-state index contributed by atoms with van der Waals surface area (Å²) < 4.78 is 0. The second-order valence-corrected chi connectivity index (χ2v) is 3.94. The van der Waals surface area contributed by atoms with E-state index in [1.54, 1.807) is 0 Å². The first kappa shape index (κ1) is 14.1. The highest BCUT2D eigenvalue weighted by Crippen LogP contribution is 2.02. The van der Waals surface area contributed by atoms with Gasteiger partial charge in [-0.05, 0) is 19.8 Å². The van der Waals surface area contributed by atoms with Crippen molar-refractivity contribution in [1.29, 1.82) is 0 Å². The van der Waals surface area contributed by atoms with Crippen LogP contribution in [0, 0.1) is 0 Å². The average molecular weight is 213 g/mol. The Morgan fingerprint density at radius 1 is 1.00 bits per heavy atom. The molecule has 0 heterocycles. The molecule has 0 unspecified atom stereocenters. The molecule has 0 aromatic rings. The average Bonchev–Trinajstić information content (AvgIpc) is 2.20. The van der Waals surface area contributed by atoms with E-state index in [0.29, 0.717) is 12.8 Å². The lowest BCUT2D eigenvalue weighted by atomic mass is 10.2. The summed E-state index contributed by atoms with van der Waals surface area (Å²) in [6, 6.07) is 0. The summed E-state index contributed by atoms with van der Waals surface area (Å²) in [5.41, 5.74) is 0. The van der Waals surface area contributed by atoms with E-state index in [4.69, 9.17) is 0 Å². The van der Waals surface area contributed by atoms with Crippen molar-refractivity contribution in [2.75, 3.05) is 13.1 Å². The van der Waals surface area contributed by atoms with E-state index in [1.807, 2.05) is 4.90 Å². The van der Waals surface area contributed by atoms with Crippen molar-refractivity contribution in [3.8, 4) is 0 Å². The molecule has 0 fully saturated rings. The van der Waals surface area contributed by atoms with Crippen molar-refractivity contribution >= 4 is 11.7 Å². The van der Waals surface area contributed by atoms with Gasteiger partial charge in [-0.1, -0.05) is 20.3 Å². The zero-order valence-electron chi connectivity index (χ0n) is 10.2. The zero-order valence-corrected chi connectivity index (χ0v) is 10.2. The molecule has 0 N–H and O–H groups in total. The fourth-order valence-corrected chi connectivity index (χ4v) is 1.42. The van der Waals surface area contributed by atoms with Gasteiger partial charge >= 0.3 is 0 Å². The summed E-state index contributed by atoms with van der Waals surface area (Å²) in [5, 5.41) is 0. The van der Waals surface area contributed by atoms with Crippen LogP contribution in [0.1, 0.15) is 52.9 Å². The normalized spacial score (nSPS) is 10.1. The molecule has 0 spiro atoms. The highest BCUT2D eigenvalue weighted by atomic mass is 16.2. The molecule has 0 bridgehead atoms. The lowest BCUT2D eigenvalue weighted by Gasteiger charge is -2.21. The number of hydrogen-bond donors (Lipinski definition) is 0. The Labute approximate surface area is 92.8 Å². The van der Waals surface area contributed by atoms with Crippen molar-refractivity contribution < 1.29 is 9.59 Å². The summed E-state index contributed by atoms with van der Waals surface area (Å²) >= 11 is 0. The molecule has 0 saturated carbocycles. The molecular weight excluding hydrogens is 190 g/mol. The molecule has 0 rings (SSSR count). The Morgan fingerprint density at radius 2 is 1.67 bits per heavy atom. The third kappa shape index (κ3) is 7.11. The topological polar surface area (TPSA) is 37.4 Å². The molecule has 0 atom stereocenters. The van der Waals surface area contributed by atoms with Crippen molar-refractivity contribution in [3.63, 3.8) is 0 Å². The molecule has 3 heteroatoms. The van der Waals surface area contributed by atoms with Gasteiger partial charge in [-0.3, -0.25) is 4.79 Å². The maximum atomic E-state index is 11.7. The monoisotopic (exact) mass is 213 g/mol. The van der Waals surface area contributed by atoms with Crippen LogP contribution in [0.3, 0.4) is 0 Å². The fourth-order valence-electron chi connectivity index (χ4n) is 1.42. The summed E-state index contributed by atoms with van der Waals surface area (Å²) in [7, 11) is 0. The van der Waals surface area contributed by atoms with Gasteiger partial charge in [0, 0.05) is 25.9 Å². The van der Waals surface area contributed by atoms with E-state index in [0.717, 1.165) is 32.4 Å². The predicted molar refractivity (Wildman–Crippen MR) is 61.7 cm³/mol. The highest BCUT2D eigenvalue weighted by molar-refractivity contribution is 5.83. The van der Waals surface area contributed by atoms with Crippen molar-refractivity contribution in [2.24, 2.45) is 0 Å². The molecule has 1 amide bonds. The van der Waals surface area contributed by atoms with Crippen LogP contribution >= 0.6 is 0 Å². The Hall–Kier alpha value is -0.860. The van der Waals surface area contributed by atoms with Gasteiger partial charge in [0.25, 0.3) is 0 Å². The first-order valence-corrected chi connectivity index (χ1v) is 5.89. The fraction of sp³-hybridized carbons (Fsp3) is 0.833. The molecule has 0 aromatic carbocycles. The van der Waals surface area contributed by atoms with E-state index in [-0.39, 0.29) is 11.7 Å². The number of ketones is 1. The Balaban J connectivity index is 3.97. The van der Waals surface area contributed by atoms with Gasteiger partial charge in [-0.25, -0.2) is 0 Å². The van der Waals surface area contributed by atoms with E-state index in [1.165, 1.54) is 6.92 Å². The maximum absolute atomic E-state index is 11.7. The summed E-state index contributed by atoms with van der Waals surface area (Å²) in [5.74, 6) is 0.218. The quantitative estimate of drug-likeness (QED) is 0.621. The third-order valence-electron chi connectivity index (χ3n) is 2.32. The Morgan fingerprint density at radius 3 is 2.13 bits per heavy atom. The number of carbonyl (C=O) groups excluding carboxylic acids is 2. The molecule has 0 aliphatic heterocycles. The lowest BCUT2D eigenvalue weighted by molar-refractivity contribution is -0.133. The van der Waals surface area contributed by atoms with Crippen LogP contribution in [0.5, 0.6) is 0 Å². The molecule has 88 valence electrons. The minimum absolute atomic E-state index is 0.0929. The third-order valence-corrected chi connectivity index (χ3v) is 2.32. The molecular formula is C12H23NO2. The largest absolute Gasteiger partial charge is 0.343 e. The molecule has 0 aliphatic carbocycles. The molecule has 0 radical (unpaired) electrons. The number of unbranched alkanes of at least 4 members (excludes halogenated alkanes) is 1. The van der Waals surface area contributed by atoms with E-state index in [2.05, 4.69) is 13.8 Å². The summed E-state index contributed by atoms with van der Waals surface area (Å²) in [6.07, 6.45) is 3.88. The van der Waals surface area contributed by atoms with Gasteiger partial charge < -0.3 is 9.69 Å². The Kier molecular flexibility index (Phi) is 7.96. The van der Waals surface area contributed by atoms with Crippen LogP contribution in [0.2, 0.25) is 0 Å². The molecule has 15 heavy (non-hydrogen) atoms. The minimum Gasteiger partial charge on any atom is -0.343 e. The van der Waals surface area contributed by atoms with E-state index in [9.17, 15) is 9.59 Å². The van der Waals surface area contributed by atoms with Crippen LogP contribution < -0.4 is 0 Å². The SMILES string of the molecule is CCCCN(CCC)C(=O)CCC(C)=O. The van der Waals surface area contributed by atoms with Gasteiger partial charge in [0.1, 0.15) is 5.78 Å². The molecule has 0 aliphatic rings. The van der Waals surface area contributed by atoms with Crippen molar-refractivity contribution in [3.05, 3.63) is 0 Å². The maximum Gasteiger partial charge on any atom is 0.223 e. The van der Waals surface area contributed by atoms with Gasteiger partial charge in [-0.2, -0.15) is 0 Å². The van der Waals surface area contributed by atoms with Gasteiger partial charge in [0.05, 0.1) is 0 Å². The zero-order chi connectivity index (χ0) is 11.7. The predicted octanol–water partition coefficient (Wildman–Crippen LogP) is 2.39. The van der Waals surface area contributed by atoms with Gasteiger partial charge in [0.15, 0.2) is 0 Å². The first-order chi connectivity index (χ1) is 7.11. The minimum atomic E-state index is 0.0929. The number of nitrogens with zero attached hydrogens (tertiary/aromatic N) is 1. The Bertz CT molecular complexity index is 202. The molecule has 0 aromatic heterocycles. The summed E-state index contributed by atoms with van der Waals surface area (Å²) in [6.45, 7) is 7.36. The van der Waals surface area contributed by atoms with Crippen LogP contribution in [0.25, 0.3) is 0 Å². The highest BCUT2D eigenvalue weighted by Gasteiger charge is 2.12. The van der Waals surface area contributed by atoms with E-state index >= 15 is 0 Å².